The fraction of sp³-hybridized carbons (Fsp3) is 0.421. The topological polar surface area (TPSA) is 25.2 Å². The van der Waals surface area contributed by atoms with E-state index in [1.54, 1.807) is 6.92 Å². The van der Waals surface area contributed by atoms with Crippen molar-refractivity contribution < 1.29 is 4.79 Å². The number of halogens is 1. The summed E-state index contributed by atoms with van der Waals surface area (Å²) in [4.78, 5) is 14.2. The number of rotatable bonds is 7. The predicted octanol–water partition coefficient (Wildman–Crippen LogP) is 4.15. The minimum absolute atomic E-state index is 0.00664. The molecular weight excluding hydrogens is 308 g/mol. The molecule has 3 nitrogen and oxygen atoms in total. The number of carbonyl (C=O) groups is 1. The molecule has 0 aliphatic carbocycles. The van der Waals surface area contributed by atoms with Crippen LogP contribution in [0.5, 0.6) is 0 Å². The Morgan fingerprint density at radius 2 is 1.83 bits per heavy atom. The average molecular weight is 333 g/mol. The molecule has 1 unspecified atom stereocenters. The number of hydrogen-bond acceptors (Lipinski definition) is 1. The van der Waals surface area contributed by atoms with Gasteiger partial charge in [0.05, 0.1) is 6.54 Å². The van der Waals surface area contributed by atoms with Crippen molar-refractivity contribution in [3.05, 3.63) is 59.9 Å². The Morgan fingerprint density at radius 1 is 1.13 bits per heavy atom. The van der Waals surface area contributed by atoms with Crippen LogP contribution in [0.4, 0.5) is 0 Å². The Hall–Kier alpha value is -1.74. The molecule has 23 heavy (non-hydrogen) atoms. The van der Waals surface area contributed by atoms with Crippen LogP contribution >= 0.6 is 11.6 Å². The second-order valence-electron chi connectivity index (χ2n) is 6.34. The van der Waals surface area contributed by atoms with Crippen molar-refractivity contribution in [1.29, 1.82) is 0 Å². The molecule has 1 aromatic carbocycles. The van der Waals surface area contributed by atoms with Crippen LogP contribution in [-0.2, 0) is 17.9 Å². The normalized spacial score (nSPS) is 12.4. The zero-order chi connectivity index (χ0) is 16.8. The Morgan fingerprint density at radius 3 is 2.43 bits per heavy atom. The Kier molecular flexibility index (Phi) is 6.28. The van der Waals surface area contributed by atoms with E-state index < -0.39 is 5.38 Å². The molecule has 0 N–H and O–H groups in total. The number of hydrogen-bond donors (Lipinski definition) is 0. The summed E-state index contributed by atoms with van der Waals surface area (Å²) < 4.78 is 2.19. The van der Waals surface area contributed by atoms with Gasteiger partial charge in [-0.05, 0) is 30.5 Å². The first-order valence-corrected chi connectivity index (χ1v) is 8.51. The molecule has 0 spiro atoms. The van der Waals surface area contributed by atoms with Gasteiger partial charge in [0.2, 0.25) is 5.91 Å². The standard InChI is InChI=1S/C19H25ClN2O/c1-15(2)12-22(19(23)16(3)20)14-18-10-7-11-21(18)13-17-8-5-4-6-9-17/h4-11,15-16H,12-14H2,1-3H3. The zero-order valence-electron chi connectivity index (χ0n) is 14.1. The Bertz CT molecular complexity index is 619. The molecule has 0 saturated carbocycles. The summed E-state index contributed by atoms with van der Waals surface area (Å²) in [6, 6.07) is 14.4. The van der Waals surface area contributed by atoms with Crippen molar-refractivity contribution >= 4 is 17.5 Å². The average Bonchev–Trinajstić information content (AvgIpc) is 2.93. The van der Waals surface area contributed by atoms with E-state index in [2.05, 4.69) is 42.8 Å². The number of benzene rings is 1. The molecule has 0 aliphatic heterocycles. The Balaban J connectivity index is 2.14. The van der Waals surface area contributed by atoms with Gasteiger partial charge < -0.3 is 9.47 Å². The molecule has 0 saturated heterocycles. The maximum Gasteiger partial charge on any atom is 0.240 e. The summed E-state index contributed by atoms with van der Waals surface area (Å²) in [6.07, 6.45) is 2.06. The molecule has 1 atom stereocenters. The van der Waals surface area contributed by atoms with Crippen LogP contribution in [0.2, 0.25) is 0 Å². The Labute approximate surface area is 143 Å². The van der Waals surface area contributed by atoms with Gasteiger partial charge in [-0.1, -0.05) is 44.2 Å². The smallest absolute Gasteiger partial charge is 0.240 e. The van der Waals surface area contributed by atoms with Crippen molar-refractivity contribution in [2.24, 2.45) is 5.92 Å². The van der Waals surface area contributed by atoms with Crippen molar-refractivity contribution in [2.45, 2.75) is 39.2 Å². The minimum atomic E-state index is -0.494. The van der Waals surface area contributed by atoms with Gasteiger partial charge in [0.15, 0.2) is 0 Å². The molecule has 0 radical (unpaired) electrons. The molecule has 124 valence electrons. The maximum atomic E-state index is 12.4. The molecule has 1 aromatic heterocycles. The van der Waals surface area contributed by atoms with Gasteiger partial charge in [0.1, 0.15) is 5.38 Å². The maximum absolute atomic E-state index is 12.4. The summed E-state index contributed by atoms with van der Waals surface area (Å²) in [6.45, 7) is 8.08. The third kappa shape index (κ3) is 5.14. The highest BCUT2D eigenvalue weighted by Gasteiger charge is 2.20. The van der Waals surface area contributed by atoms with E-state index in [0.717, 1.165) is 12.2 Å². The third-order valence-electron chi connectivity index (χ3n) is 3.71. The first-order valence-electron chi connectivity index (χ1n) is 8.08. The lowest BCUT2D eigenvalue weighted by atomic mass is 10.2. The van der Waals surface area contributed by atoms with Crippen LogP contribution in [0.3, 0.4) is 0 Å². The highest BCUT2D eigenvalue weighted by atomic mass is 35.5. The fourth-order valence-corrected chi connectivity index (χ4v) is 2.79. The van der Waals surface area contributed by atoms with Gasteiger partial charge in [-0.25, -0.2) is 0 Å². The van der Waals surface area contributed by atoms with E-state index in [9.17, 15) is 4.79 Å². The SMILES string of the molecule is CC(C)CN(Cc1cccn1Cc1ccccc1)C(=O)C(C)Cl. The highest BCUT2D eigenvalue weighted by Crippen LogP contribution is 2.14. The van der Waals surface area contributed by atoms with Crippen LogP contribution in [0, 0.1) is 5.92 Å². The summed E-state index contributed by atoms with van der Waals surface area (Å²) in [5, 5.41) is -0.494. The first-order chi connectivity index (χ1) is 11.0. The van der Waals surface area contributed by atoms with Crippen molar-refractivity contribution in [2.75, 3.05) is 6.54 Å². The fourth-order valence-electron chi connectivity index (χ4n) is 2.65. The third-order valence-corrected chi connectivity index (χ3v) is 3.90. The van der Waals surface area contributed by atoms with Crippen LogP contribution in [0.15, 0.2) is 48.7 Å². The predicted molar refractivity (Wildman–Crippen MR) is 95.5 cm³/mol. The van der Waals surface area contributed by atoms with Gasteiger partial charge in [-0.15, -0.1) is 11.6 Å². The molecule has 1 heterocycles. The molecule has 2 aromatic rings. The van der Waals surface area contributed by atoms with Gasteiger partial charge in [0, 0.05) is 25.0 Å². The molecule has 1 amide bonds. The number of alkyl halides is 1. The van der Waals surface area contributed by atoms with Crippen LogP contribution in [-0.4, -0.2) is 27.3 Å². The van der Waals surface area contributed by atoms with Crippen molar-refractivity contribution in [3.8, 4) is 0 Å². The highest BCUT2D eigenvalue weighted by molar-refractivity contribution is 6.30. The largest absolute Gasteiger partial charge is 0.345 e. The van der Waals surface area contributed by atoms with Crippen molar-refractivity contribution in [3.63, 3.8) is 0 Å². The first kappa shape index (κ1) is 17.6. The van der Waals surface area contributed by atoms with E-state index in [4.69, 9.17) is 11.6 Å². The zero-order valence-corrected chi connectivity index (χ0v) is 14.8. The molecule has 0 fully saturated rings. The molecule has 4 heteroatoms. The van der Waals surface area contributed by atoms with E-state index in [1.807, 2.05) is 29.2 Å². The van der Waals surface area contributed by atoms with Crippen LogP contribution < -0.4 is 0 Å². The van der Waals surface area contributed by atoms with E-state index in [0.29, 0.717) is 19.0 Å². The monoisotopic (exact) mass is 332 g/mol. The van der Waals surface area contributed by atoms with E-state index in [-0.39, 0.29) is 5.91 Å². The van der Waals surface area contributed by atoms with E-state index >= 15 is 0 Å². The summed E-state index contributed by atoms with van der Waals surface area (Å²) >= 11 is 6.02. The minimum Gasteiger partial charge on any atom is -0.345 e. The lowest BCUT2D eigenvalue weighted by Crippen LogP contribution is -2.38. The molecular formula is C19H25ClN2O. The van der Waals surface area contributed by atoms with Gasteiger partial charge in [0.25, 0.3) is 0 Å². The quantitative estimate of drug-likeness (QED) is 0.699. The van der Waals surface area contributed by atoms with Crippen molar-refractivity contribution in [1.82, 2.24) is 9.47 Å². The summed E-state index contributed by atoms with van der Waals surface area (Å²) in [7, 11) is 0. The number of carbonyl (C=O) groups excluding carboxylic acids is 1. The van der Waals surface area contributed by atoms with Crippen LogP contribution in [0.25, 0.3) is 0 Å². The molecule has 0 bridgehead atoms. The summed E-state index contributed by atoms with van der Waals surface area (Å²) in [5.74, 6) is 0.403. The van der Waals surface area contributed by atoms with Gasteiger partial charge >= 0.3 is 0 Å². The second kappa shape index (κ2) is 8.21. The second-order valence-corrected chi connectivity index (χ2v) is 7.00. The number of nitrogens with zero attached hydrogens (tertiary/aromatic N) is 2. The number of aromatic nitrogens is 1. The summed E-state index contributed by atoms with van der Waals surface area (Å²) in [5.41, 5.74) is 2.37. The number of amides is 1. The lowest BCUT2D eigenvalue weighted by Gasteiger charge is -2.26. The lowest BCUT2D eigenvalue weighted by molar-refractivity contribution is -0.131. The van der Waals surface area contributed by atoms with Crippen LogP contribution in [0.1, 0.15) is 32.0 Å². The van der Waals surface area contributed by atoms with E-state index in [1.165, 1.54) is 5.56 Å². The molecule has 2 rings (SSSR count). The molecule has 0 aliphatic rings. The van der Waals surface area contributed by atoms with Gasteiger partial charge in [-0.2, -0.15) is 0 Å². The van der Waals surface area contributed by atoms with Gasteiger partial charge in [-0.3, -0.25) is 4.79 Å².